The van der Waals surface area contributed by atoms with Gasteiger partial charge in [-0.25, -0.2) is 4.79 Å². The summed E-state index contributed by atoms with van der Waals surface area (Å²) in [6, 6.07) is 0.147. The number of hydrogen-bond acceptors (Lipinski definition) is 2. The molecule has 0 aromatic heterocycles. The molecular formula is C7H7NO3. The second kappa shape index (κ2) is 1.84. The Bertz CT molecular complexity index is 269. The van der Waals surface area contributed by atoms with Gasteiger partial charge in [-0.3, -0.25) is 4.79 Å². The summed E-state index contributed by atoms with van der Waals surface area (Å²) >= 11 is 0. The van der Waals surface area contributed by atoms with Crippen molar-refractivity contribution < 1.29 is 14.7 Å². The minimum Gasteiger partial charge on any atom is -0.477 e. The quantitative estimate of drug-likeness (QED) is 0.538. The van der Waals surface area contributed by atoms with E-state index in [-0.39, 0.29) is 17.6 Å². The first-order valence-corrected chi connectivity index (χ1v) is 3.45. The maximum absolute atomic E-state index is 10.8. The van der Waals surface area contributed by atoms with Crippen LogP contribution in [0.4, 0.5) is 0 Å². The second-order valence-corrected chi connectivity index (χ2v) is 2.75. The zero-order valence-electron chi connectivity index (χ0n) is 5.78. The van der Waals surface area contributed by atoms with Crippen LogP contribution in [0.1, 0.15) is 12.8 Å². The normalized spacial score (nSPS) is 27.6. The van der Waals surface area contributed by atoms with Crippen LogP contribution in [0.15, 0.2) is 11.8 Å². The van der Waals surface area contributed by atoms with Crippen molar-refractivity contribution in [3.63, 3.8) is 0 Å². The van der Waals surface area contributed by atoms with Crippen molar-refractivity contribution in [3.05, 3.63) is 11.8 Å². The van der Waals surface area contributed by atoms with Crippen LogP contribution in [0.25, 0.3) is 0 Å². The number of carbonyl (C=O) groups is 2. The summed E-state index contributed by atoms with van der Waals surface area (Å²) in [6.07, 6.45) is 2.82. The van der Waals surface area contributed by atoms with Gasteiger partial charge in [0.05, 0.1) is 0 Å². The Hall–Kier alpha value is -1.32. The maximum Gasteiger partial charge on any atom is 0.352 e. The molecule has 0 radical (unpaired) electrons. The van der Waals surface area contributed by atoms with E-state index in [1.54, 1.807) is 6.08 Å². The van der Waals surface area contributed by atoms with E-state index in [4.69, 9.17) is 5.11 Å². The molecule has 0 spiro atoms. The van der Waals surface area contributed by atoms with Crippen LogP contribution in [0, 0.1) is 0 Å². The summed E-state index contributed by atoms with van der Waals surface area (Å²) in [5.74, 6) is -1.07. The van der Waals surface area contributed by atoms with Crippen molar-refractivity contribution in [2.75, 3.05) is 0 Å². The average molecular weight is 153 g/mol. The lowest BCUT2D eigenvalue weighted by Gasteiger charge is -2.35. The largest absolute Gasteiger partial charge is 0.477 e. The standard InChI is InChI=1S/C7H7NO3/c9-6-3-4-1-2-5(7(10)11)8(4)6/h2,4H,1,3H2,(H,10,11)/t4-/m1/s1. The Morgan fingerprint density at radius 3 is 2.91 bits per heavy atom. The molecule has 1 atom stereocenters. The number of carboxylic acid groups (broad SMARTS) is 1. The molecule has 0 saturated carbocycles. The first-order chi connectivity index (χ1) is 5.20. The van der Waals surface area contributed by atoms with Crippen molar-refractivity contribution in [3.8, 4) is 0 Å². The molecule has 0 bridgehead atoms. The number of aliphatic carboxylic acids is 1. The summed E-state index contributed by atoms with van der Waals surface area (Å²) in [7, 11) is 0. The predicted molar refractivity (Wildman–Crippen MR) is 35.6 cm³/mol. The van der Waals surface area contributed by atoms with Gasteiger partial charge in [0.2, 0.25) is 5.91 Å². The minimum atomic E-state index is -0.999. The third-order valence-corrected chi connectivity index (χ3v) is 2.11. The number of carbonyl (C=O) groups excluding carboxylic acids is 1. The van der Waals surface area contributed by atoms with Gasteiger partial charge in [0.1, 0.15) is 5.70 Å². The molecule has 2 heterocycles. The molecular weight excluding hydrogens is 146 g/mol. The van der Waals surface area contributed by atoms with Crippen LogP contribution in [0.3, 0.4) is 0 Å². The highest BCUT2D eigenvalue weighted by atomic mass is 16.4. The van der Waals surface area contributed by atoms with Gasteiger partial charge in [0, 0.05) is 12.5 Å². The number of rotatable bonds is 1. The molecule has 58 valence electrons. The van der Waals surface area contributed by atoms with Crippen LogP contribution in [0.5, 0.6) is 0 Å². The third kappa shape index (κ3) is 0.691. The van der Waals surface area contributed by atoms with Gasteiger partial charge in [-0.2, -0.15) is 0 Å². The first-order valence-electron chi connectivity index (χ1n) is 3.45. The topological polar surface area (TPSA) is 57.6 Å². The Morgan fingerprint density at radius 2 is 2.45 bits per heavy atom. The van der Waals surface area contributed by atoms with Gasteiger partial charge in [0.25, 0.3) is 0 Å². The van der Waals surface area contributed by atoms with E-state index in [2.05, 4.69) is 0 Å². The molecule has 1 N–H and O–H groups in total. The number of hydrogen-bond donors (Lipinski definition) is 1. The average Bonchev–Trinajstić information content (AvgIpc) is 2.25. The fourth-order valence-electron chi connectivity index (χ4n) is 1.54. The summed E-state index contributed by atoms with van der Waals surface area (Å²) in [5.41, 5.74) is 0.159. The maximum atomic E-state index is 10.8. The van der Waals surface area contributed by atoms with E-state index < -0.39 is 5.97 Å². The Labute approximate surface area is 63.1 Å². The molecule has 0 unspecified atom stereocenters. The highest BCUT2D eigenvalue weighted by molar-refractivity contribution is 5.97. The van der Waals surface area contributed by atoms with E-state index in [1.165, 1.54) is 4.90 Å². The van der Waals surface area contributed by atoms with Crippen LogP contribution < -0.4 is 0 Å². The molecule has 0 aromatic rings. The molecule has 1 fully saturated rings. The molecule has 2 rings (SSSR count). The molecule has 11 heavy (non-hydrogen) atoms. The van der Waals surface area contributed by atoms with Crippen molar-refractivity contribution >= 4 is 11.9 Å². The fourth-order valence-corrected chi connectivity index (χ4v) is 1.54. The molecule has 0 aliphatic carbocycles. The van der Waals surface area contributed by atoms with Crippen LogP contribution in [-0.2, 0) is 9.59 Å². The molecule has 4 nitrogen and oxygen atoms in total. The van der Waals surface area contributed by atoms with Crippen molar-refractivity contribution in [1.29, 1.82) is 0 Å². The van der Waals surface area contributed by atoms with E-state index in [0.717, 1.165) is 0 Å². The van der Waals surface area contributed by atoms with Gasteiger partial charge < -0.3 is 10.0 Å². The van der Waals surface area contributed by atoms with Crippen molar-refractivity contribution in [2.24, 2.45) is 0 Å². The number of amides is 1. The van der Waals surface area contributed by atoms with Crippen LogP contribution in [-0.4, -0.2) is 27.9 Å². The van der Waals surface area contributed by atoms with E-state index in [9.17, 15) is 9.59 Å². The van der Waals surface area contributed by atoms with Gasteiger partial charge in [-0.15, -0.1) is 0 Å². The Balaban J connectivity index is 2.24. The predicted octanol–water partition coefficient (Wildman–Crippen LogP) is -0.0405. The Kier molecular flexibility index (Phi) is 1.07. The van der Waals surface area contributed by atoms with Crippen LogP contribution >= 0.6 is 0 Å². The van der Waals surface area contributed by atoms with Crippen molar-refractivity contribution in [1.82, 2.24) is 4.90 Å². The number of nitrogens with zero attached hydrogens (tertiary/aromatic N) is 1. The SMILES string of the molecule is O=C(O)C1=CC[C@@H]2CC(=O)N12. The highest BCUT2D eigenvalue weighted by Gasteiger charge is 2.43. The summed E-state index contributed by atoms with van der Waals surface area (Å²) in [5, 5.41) is 8.59. The third-order valence-electron chi connectivity index (χ3n) is 2.11. The highest BCUT2D eigenvalue weighted by Crippen LogP contribution is 2.33. The molecule has 1 amide bonds. The monoisotopic (exact) mass is 153 g/mol. The molecule has 4 heteroatoms. The number of fused-ring (bicyclic) bond motifs is 1. The summed E-state index contributed by atoms with van der Waals surface area (Å²) in [6.45, 7) is 0. The van der Waals surface area contributed by atoms with E-state index in [0.29, 0.717) is 12.8 Å². The minimum absolute atomic E-state index is 0.0684. The molecule has 0 aromatic carbocycles. The number of carboxylic acids is 1. The van der Waals surface area contributed by atoms with Gasteiger partial charge in [-0.1, -0.05) is 6.08 Å². The van der Waals surface area contributed by atoms with E-state index in [1.807, 2.05) is 0 Å². The lowest BCUT2D eigenvalue weighted by atomic mass is 10.0. The molecule has 1 saturated heterocycles. The van der Waals surface area contributed by atoms with Crippen molar-refractivity contribution in [2.45, 2.75) is 18.9 Å². The smallest absolute Gasteiger partial charge is 0.352 e. The zero-order valence-corrected chi connectivity index (χ0v) is 5.78. The summed E-state index contributed by atoms with van der Waals surface area (Å²) < 4.78 is 0. The lowest BCUT2D eigenvalue weighted by molar-refractivity contribution is -0.147. The molecule has 2 aliphatic heterocycles. The summed E-state index contributed by atoms with van der Waals surface area (Å²) in [4.78, 5) is 22.7. The van der Waals surface area contributed by atoms with Crippen LogP contribution in [0.2, 0.25) is 0 Å². The number of β-lactam (4-membered cyclic amide) rings is 1. The lowest BCUT2D eigenvalue weighted by Crippen LogP contribution is -2.49. The fraction of sp³-hybridized carbons (Fsp3) is 0.429. The van der Waals surface area contributed by atoms with Gasteiger partial charge in [-0.05, 0) is 6.42 Å². The Morgan fingerprint density at radius 1 is 1.73 bits per heavy atom. The first kappa shape index (κ1) is 6.39. The van der Waals surface area contributed by atoms with E-state index >= 15 is 0 Å². The molecule has 2 aliphatic rings. The van der Waals surface area contributed by atoms with Gasteiger partial charge >= 0.3 is 5.97 Å². The second-order valence-electron chi connectivity index (χ2n) is 2.75. The zero-order chi connectivity index (χ0) is 8.01. The van der Waals surface area contributed by atoms with Gasteiger partial charge in [0.15, 0.2) is 0 Å².